The summed E-state index contributed by atoms with van der Waals surface area (Å²) < 4.78 is 2.19. The molecule has 1 heterocycles. The highest BCUT2D eigenvalue weighted by atomic mass is 35.5. The maximum atomic E-state index is 11.3. The lowest BCUT2D eigenvalue weighted by Gasteiger charge is -2.07. The Hall–Kier alpha value is -1.84. The number of benzene rings is 2. The van der Waals surface area contributed by atoms with Gasteiger partial charge in [-0.1, -0.05) is 37.3 Å². The Kier molecular flexibility index (Phi) is 5.22. The number of nitrogens with zero attached hydrogens (tertiary/aromatic N) is 2. The maximum Gasteiger partial charge on any atom is 0.252 e. The van der Waals surface area contributed by atoms with Crippen LogP contribution in [0, 0.1) is 0 Å². The van der Waals surface area contributed by atoms with E-state index in [2.05, 4.69) is 11.5 Å². The van der Waals surface area contributed by atoms with E-state index < -0.39 is 5.24 Å². The molecule has 0 fully saturated rings. The largest absolute Gasteiger partial charge is 0.324 e. The highest BCUT2D eigenvalue weighted by Crippen LogP contribution is 2.26. The lowest BCUT2D eigenvalue weighted by atomic mass is 10.2. The predicted molar refractivity (Wildman–Crippen MR) is 92.9 cm³/mol. The second-order valence-corrected chi connectivity index (χ2v) is 5.27. The van der Waals surface area contributed by atoms with Gasteiger partial charge in [0, 0.05) is 17.7 Å². The van der Waals surface area contributed by atoms with Crippen LogP contribution in [0.4, 0.5) is 0 Å². The van der Waals surface area contributed by atoms with Crippen LogP contribution >= 0.6 is 24.0 Å². The van der Waals surface area contributed by atoms with Gasteiger partial charge in [-0.2, -0.15) is 0 Å². The van der Waals surface area contributed by atoms with Crippen molar-refractivity contribution in [3.05, 3.63) is 54.1 Å². The molecule has 0 aliphatic rings. The summed E-state index contributed by atoms with van der Waals surface area (Å²) in [5.74, 6) is 0.923. The quantitative estimate of drug-likeness (QED) is 0.635. The zero-order valence-corrected chi connectivity index (χ0v) is 13.7. The second kappa shape index (κ2) is 6.95. The molecule has 0 unspecified atom stereocenters. The minimum atomic E-state index is -0.455. The van der Waals surface area contributed by atoms with Crippen molar-refractivity contribution < 1.29 is 4.79 Å². The summed E-state index contributed by atoms with van der Waals surface area (Å²) in [6.07, 6.45) is 1.02. The van der Waals surface area contributed by atoms with Gasteiger partial charge in [0.2, 0.25) is 0 Å². The molecule has 3 aromatic rings. The van der Waals surface area contributed by atoms with Crippen LogP contribution in [0.1, 0.15) is 23.7 Å². The van der Waals surface area contributed by atoms with Crippen molar-refractivity contribution in [1.82, 2.24) is 9.55 Å². The third-order valence-electron chi connectivity index (χ3n) is 3.45. The molecule has 0 saturated heterocycles. The zero-order chi connectivity index (χ0) is 14.8. The Morgan fingerprint density at radius 2 is 1.91 bits per heavy atom. The van der Waals surface area contributed by atoms with E-state index >= 15 is 0 Å². The molecule has 0 spiro atoms. The molecule has 0 aliphatic heterocycles. The summed E-state index contributed by atoms with van der Waals surface area (Å²) in [4.78, 5) is 16.0. The summed E-state index contributed by atoms with van der Waals surface area (Å²) >= 11 is 5.55. The van der Waals surface area contributed by atoms with Crippen molar-refractivity contribution in [3.8, 4) is 11.4 Å². The van der Waals surface area contributed by atoms with Crippen molar-refractivity contribution >= 4 is 40.3 Å². The number of hydrogen-bond donors (Lipinski definition) is 0. The maximum absolute atomic E-state index is 11.3. The number of halogens is 2. The van der Waals surface area contributed by atoms with E-state index in [4.69, 9.17) is 16.6 Å². The van der Waals surface area contributed by atoms with Gasteiger partial charge in [-0.3, -0.25) is 4.79 Å². The first kappa shape index (κ1) is 16.5. The van der Waals surface area contributed by atoms with Crippen LogP contribution in [0.2, 0.25) is 0 Å². The molecule has 0 amide bonds. The molecule has 0 saturated carbocycles. The minimum absolute atomic E-state index is 0. The van der Waals surface area contributed by atoms with E-state index in [1.807, 2.05) is 36.4 Å². The van der Waals surface area contributed by atoms with Gasteiger partial charge in [0.15, 0.2) is 0 Å². The number of carbonyl (C=O) groups excluding carboxylic acids is 1. The van der Waals surface area contributed by atoms with Gasteiger partial charge in [0.25, 0.3) is 5.24 Å². The molecular formula is C17H16Cl2N2O. The first-order valence-corrected chi connectivity index (χ1v) is 7.34. The third kappa shape index (κ3) is 3.01. The van der Waals surface area contributed by atoms with Gasteiger partial charge in [-0.15, -0.1) is 12.4 Å². The average molecular weight is 335 g/mol. The van der Waals surface area contributed by atoms with Gasteiger partial charge in [0.05, 0.1) is 11.0 Å². The summed E-state index contributed by atoms with van der Waals surface area (Å²) in [5, 5.41) is -0.455. The van der Waals surface area contributed by atoms with Crippen LogP contribution < -0.4 is 0 Å². The molecule has 2 aromatic carbocycles. The Morgan fingerprint density at radius 1 is 1.18 bits per heavy atom. The third-order valence-corrected chi connectivity index (χ3v) is 3.67. The first-order valence-electron chi connectivity index (χ1n) is 6.96. The molecule has 114 valence electrons. The minimum Gasteiger partial charge on any atom is -0.324 e. The summed E-state index contributed by atoms with van der Waals surface area (Å²) in [5.41, 5.74) is 3.37. The molecule has 0 bridgehead atoms. The van der Waals surface area contributed by atoms with Gasteiger partial charge in [-0.05, 0) is 36.2 Å². The fraction of sp³-hybridized carbons (Fsp3) is 0.176. The Bertz CT molecular complexity index is 797. The molecule has 0 radical (unpaired) electrons. The highest BCUT2D eigenvalue weighted by molar-refractivity contribution is 6.67. The first-order chi connectivity index (χ1) is 10.2. The summed E-state index contributed by atoms with van der Waals surface area (Å²) in [7, 11) is 0. The number of fused-ring (bicyclic) bond motifs is 1. The Labute approximate surface area is 140 Å². The van der Waals surface area contributed by atoms with E-state index in [0.29, 0.717) is 5.56 Å². The Morgan fingerprint density at radius 3 is 2.55 bits per heavy atom. The van der Waals surface area contributed by atoms with Gasteiger partial charge in [0.1, 0.15) is 5.82 Å². The van der Waals surface area contributed by atoms with Gasteiger partial charge < -0.3 is 4.57 Å². The highest BCUT2D eigenvalue weighted by Gasteiger charge is 2.13. The molecule has 0 atom stereocenters. The van der Waals surface area contributed by atoms with Crippen LogP contribution in [0.3, 0.4) is 0 Å². The number of aryl methyl sites for hydroxylation is 1. The van der Waals surface area contributed by atoms with E-state index in [9.17, 15) is 4.79 Å². The zero-order valence-electron chi connectivity index (χ0n) is 12.1. The molecule has 1 aromatic heterocycles. The second-order valence-electron chi connectivity index (χ2n) is 4.93. The van der Waals surface area contributed by atoms with Gasteiger partial charge >= 0.3 is 0 Å². The average Bonchev–Trinajstić information content (AvgIpc) is 2.86. The number of aromatic nitrogens is 2. The number of imidazole rings is 1. The number of hydrogen-bond acceptors (Lipinski definition) is 2. The normalized spacial score (nSPS) is 10.5. The topological polar surface area (TPSA) is 34.9 Å². The fourth-order valence-corrected chi connectivity index (χ4v) is 2.63. The summed E-state index contributed by atoms with van der Waals surface area (Å²) in [6, 6.07) is 15.5. The smallest absolute Gasteiger partial charge is 0.252 e. The SMILES string of the molecule is CCCn1c(-c2ccccc2)nc2cc(C(=O)Cl)ccc21.Cl. The number of carbonyl (C=O) groups is 1. The monoisotopic (exact) mass is 334 g/mol. The van der Waals surface area contributed by atoms with Crippen molar-refractivity contribution in [2.45, 2.75) is 19.9 Å². The van der Waals surface area contributed by atoms with E-state index in [1.165, 1.54) is 0 Å². The standard InChI is InChI=1S/C17H15ClN2O.ClH/c1-2-10-20-15-9-8-13(16(18)21)11-14(15)19-17(20)12-6-4-3-5-7-12;/h3-9,11H,2,10H2,1H3;1H. The van der Waals surface area contributed by atoms with Crippen LogP contribution in [0.5, 0.6) is 0 Å². The van der Waals surface area contributed by atoms with Gasteiger partial charge in [-0.25, -0.2) is 4.98 Å². The van der Waals surface area contributed by atoms with Crippen LogP contribution in [0.25, 0.3) is 22.4 Å². The molecule has 0 N–H and O–H groups in total. The molecule has 3 rings (SSSR count). The summed E-state index contributed by atoms with van der Waals surface area (Å²) in [6.45, 7) is 3.02. The van der Waals surface area contributed by atoms with Crippen molar-refractivity contribution in [1.29, 1.82) is 0 Å². The lowest BCUT2D eigenvalue weighted by molar-refractivity contribution is 0.108. The van der Waals surface area contributed by atoms with Crippen molar-refractivity contribution in [2.75, 3.05) is 0 Å². The lowest BCUT2D eigenvalue weighted by Crippen LogP contribution is -1.99. The molecule has 0 aliphatic carbocycles. The van der Waals surface area contributed by atoms with Crippen LogP contribution in [-0.4, -0.2) is 14.8 Å². The molecule has 3 nitrogen and oxygen atoms in total. The van der Waals surface area contributed by atoms with Crippen LogP contribution in [0.15, 0.2) is 48.5 Å². The van der Waals surface area contributed by atoms with E-state index in [1.54, 1.807) is 12.1 Å². The van der Waals surface area contributed by atoms with Crippen molar-refractivity contribution in [2.24, 2.45) is 0 Å². The van der Waals surface area contributed by atoms with Crippen molar-refractivity contribution in [3.63, 3.8) is 0 Å². The molecule has 22 heavy (non-hydrogen) atoms. The molecular weight excluding hydrogens is 319 g/mol. The predicted octanol–water partition coefficient (Wildman–Crippen LogP) is 4.91. The fourth-order valence-electron chi connectivity index (χ4n) is 2.51. The Balaban J connectivity index is 0.00000176. The molecule has 5 heteroatoms. The van der Waals surface area contributed by atoms with E-state index in [-0.39, 0.29) is 12.4 Å². The number of rotatable bonds is 4. The van der Waals surface area contributed by atoms with E-state index in [0.717, 1.165) is 35.4 Å². The van der Waals surface area contributed by atoms with Crippen LogP contribution in [-0.2, 0) is 6.54 Å².